The van der Waals surface area contributed by atoms with Gasteiger partial charge in [0.15, 0.2) is 0 Å². The molecule has 0 bridgehead atoms. The van der Waals surface area contributed by atoms with Gasteiger partial charge < -0.3 is 4.84 Å². The summed E-state index contributed by atoms with van der Waals surface area (Å²) < 4.78 is 0. The van der Waals surface area contributed by atoms with Crippen LogP contribution in [0.3, 0.4) is 0 Å². The summed E-state index contributed by atoms with van der Waals surface area (Å²) in [6.45, 7) is 1.66. The van der Waals surface area contributed by atoms with Crippen LogP contribution in [0.1, 0.15) is 12.5 Å². The number of nitro benzene ring substituents is 1. The molecule has 6 nitrogen and oxygen atoms in total. The molecule has 0 aliphatic carbocycles. The molecule has 0 N–H and O–H groups in total. The molecule has 0 radical (unpaired) electrons. The Bertz CT molecular complexity index is 464. The maximum atomic E-state index is 10.8. The molecule has 18 heavy (non-hydrogen) atoms. The fourth-order valence-corrected chi connectivity index (χ4v) is 1.63. The number of carbonyl (C=O) groups is 1. The summed E-state index contributed by atoms with van der Waals surface area (Å²) in [5.74, 6) is -0.428. The Hall–Kier alpha value is -1.66. The number of hydrogen-bond donors (Lipinski definition) is 0. The zero-order valence-corrected chi connectivity index (χ0v) is 10.8. The number of hydroxylamine groups is 2. The molecule has 0 atom stereocenters. The zero-order valence-electron chi connectivity index (χ0n) is 10.1. The molecular formula is C11H13ClN2O4. The van der Waals surface area contributed by atoms with Gasteiger partial charge in [-0.2, -0.15) is 0 Å². The summed E-state index contributed by atoms with van der Waals surface area (Å²) in [5.41, 5.74) is 0.516. The van der Waals surface area contributed by atoms with Crippen LogP contribution in [0.2, 0.25) is 5.02 Å². The summed E-state index contributed by atoms with van der Waals surface area (Å²) in [6.07, 6.45) is 0.386. The van der Waals surface area contributed by atoms with E-state index in [4.69, 9.17) is 16.4 Å². The summed E-state index contributed by atoms with van der Waals surface area (Å²) in [5, 5.41) is 12.5. The van der Waals surface area contributed by atoms with Crippen molar-refractivity contribution in [2.45, 2.75) is 13.3 Å². The van der Waals surface area contributed by atoms with E-state index in [9.17, 15) is 14.9 Å². The van der Waals surface area contributed by atoms with Crippen molar-refractivity contribution in [3.05, 3.63) is 38.9 Å². The van der Waals surface area contributed by atoms with Gasteiger partial charge in [-0.15, -0.1) is 5.06 Å². The van der Waals surface area contributed by atoms with Gasteiger partial charge in [0.2, 0.25) is 0 Å². The van der Waals surface area contributed by atoms with Crippen LogP contribution in [0.5, 0.6) is 0 Å². The minimum absolute atomic E-state index is 0.0290. The molecule has 0 unspecified atom stereocenters. The van der Waals surface area contributed by atoms with Crippen molar-refractivity contribution in [2.75, 3.05) is 13.6 Å². The first-order chi connectivity index (χ1) is 8.40. The monoisotopic (exact) mass is 272 g/mol. The lowest BCUT2D eigenvalue weighted by atomic mass is 10.1. The number of carbonyl (C=O) groups excluding carboxylic acids is 1. The third kappa shape index (κ3) is 4.31. The van der Waals surface area contributed by atoms with Crippen LogP contribution in [-0.2, 0) is 16.1 Å². The Balaban J connectivity index is 2.72. The smallest absolute Gasteiger partial charge is 0.322 e. The quantitative estimate of drug-likeness (QED) is 0.607. The molecule has 98 valence electrons. The third-order valence-corrected chi connectivity index (χ3v) is 2.46. The summed E-state index contributed by atoms with van der Waals surface area (Å²) in [4.78, 5) is 25.9. The number of nitrogens with zero attached hydrogens (tertiary/aromatic N) is 2. The van der Waals surface area contributed by atoms with E-state index in [1.807, 2.05) is 0 Å². The summed E-state index contributed by atoms with van der Waals surface area (Å²) in [6, 6.07) is 4.50. The van der Waals surface area contributed by atoms with Crippen LogP contribution in [0.25, 0.3) is 0 Å². The van der Waals surface area contributed by atoms with Crippen LogP contribution in [0.4, 0.5) is 5.69 Å². The fraction of sp³-hybridized carbons (Fsp3) is 0.364. The second-order valence-corrected chi connectivity index (χ2v) is 4.15. The molecule has 0 heterocycles. The van der Waals surface area contributed by atoms with Crippen molar-refractivity contribution >= 4 is 23.3 Å². The molecule has 0 aliphatic heterocycles. The first-order valence-electron chi connectivity index (χ1n) is 5.22. The predicted molar refractivity (Wildman–Crippen MR) is 66.2 cm³/mol. The highest BCUT2D eigenvalue weighted by Crippen LogP contribution is 2.23. The van der Waals surface area contributed by atoms with Crippen molar-refractivity contribution in [2.24, 2.45) is 0 Å². The van der Waals surface area contributed by atoms with E-state index in [0.717, 1.165) is 0 Å². The maximum Gasteiger partial charge on any atom is 0.322 e. The van der Waals surface area contributed by atoms with Crippen molar-refractivity contribution in [1.29, 1.82) is 0 Å². The second-order valence-electron chi connectivity index (χ2n) is 3.71. The largest absolute Gasteiger partial charge is 0.369 e. The summed E-state index contributed by atoms with van der Waals surface area (Å²) >= 11 is 5.71. The van der Waals surface area contributed by atoms with Crippen LogP contribution in [0, 0.1) is 10.1 Å². The third-order valence-electron chi connectivity index (χ3n) is 2.22. The lowest BCUT2D eigenvalue weighted by molar-refractivity contribution is -0.385. The number of rotatable bonds is 5. The minimum Gasteiger partial charge on any atom is -0.369 e. The molecular weight excluding hydrogens is 260 g/mol. The van der Waals surface area contributed by atoms with Crippen molar-refractivity contribution in [3.8, 4) is 0 Å². The fourth-order valence-electron chi connectivity index (χ4n) is 1.46. The highest BCUT2D eigenvalue weighted by atomic mass is 35.5. The van der Waals surface area contributed by atoms with E-state index in [2.05, 4.69) is 0 Å². The summed E-state index contributed by atoms with van der Waals surface area (Å²) in [7, 11) is 1.59. The minimum atomic E-state index is -0.479. The number of nitro groups is 1. The molecule has 0 spiro atoms. The van der Waals surface area contributed by atoms with Crippen molar-refractivity contribution in [1.82, 2.24) is 5.06 Å². The topological polar surface area (TPSA) is 72.7 Å². The van der Waals surface area contributed by atoms with Crippen LogP contribution in [0.15, 0.2) is 18.2 Å². The average molecular weight is 273 g/mol. The zero-order chi connectivity index (χ0) is 13.7. The van der Waals surface area contributed by atoms with Gasteiger partial charge in [-0.1, -0.05) is 17.7 Å². The van der Waals surface area contributed by atoms with Gasteiger partial charge in [0, 0.05) is 37.2 Å². The van der Waals surface area contributed by atoms with Gasteiger partial charge in [0.25, 0.3) is 5.69 Å². The number of halogens is 1. The lowest BCUT2D eigenvalue weighted by Gasteiger charge is -2.14. The van der Waals surface area contributed by atoms with Crippen LogP contribution in [-0.4, -0.2) is 29.5 Å². The van der Waals surface area contributed by atoms with Gasteiger partial charge in [0.05, 0.1) is 4.92 Å². The highest BCUT2D eigenvalue weighted by Gasteiger charge is 2.15. The molecule has 0 amide bonds. The molecule has 0 saturated carbocycles. The lowest BCUT2D eigenvalue weighted by Crippen LogP contribution is -2.24. The molecule has 1 rings (SSSR count). The average Bonchev–Trinajstić information content (AvgIpc) is 2.26. The predicted octanol–water partition coefficient (Wildman–Crippen LogP) is 2.20. The molecule has 0 aliphatic rings. The molecule has 0 fully saturated rings. The van der Waals surface area contributed by atoms with Gasteiger partial charge in [0.1, 0.15) is 0 Å². The van der Waals surface area contributed by atoms with E-state index in [-0.39, 0.29) is 5.69 Å². The molecule has 1 aromatic rings. The van der Waals surface area contributed by atoms with E-state index in [1.165, 1.54) is 18.1 Å². The Morgan fingerprint density at radius 2 is 2.22 bits per heavy atom. The standard InChI is InChI=1S/C11H13ClN2O4/c1-8(15)18-13(2)6-5-9-3-4-10(12)7-11(9)14(16)17/h3-4,7H,5-6H2,1-2H3. The second kappa shape index (κ2) is 6.32. The molecule has 7 heteroatoms. The first-order valence-corrected chi connectivity index (χ1v) is 5.60. The number of benzene rings is 1. The van der Waals surface area contributed by atoms with Crippen molar-refractivity contribution in [3.63, 3.8) is 0 Å². The number of likely N-dealkylation sites (N-methyl/N-ethyl adjacent to an activating group) is 1. The Morgan fingerprint density at radius 1 is 1.56 bits per heavy atom. The van der Waals surface area contributed by atoms with E-state index >= 15 is 0 Å². The highest BCUT2D eigenvalue weighted by molar-refractivity contribution is 6.30. The SMILES string of the molecule is CC(=O)ON(C)CCc1ccc(Cl)cc1[N+](=O)[O-]. The molecule has 0 aromatic heterocycles. The van der Waals surface area contributed by atoms with Gasteiger partial charge in [-0.25, -0.2) is 0 Å². The Morgan fingerprint density at radius 3 is 2.78 bits per heavy atom. The molecule has 1 aromatic carbocycles. The van der Waals surface area contributed by atoms with Gasteiger partial charge in [-0.3, -0.25) is 14.9 Å². The Labute approximate surface area is 109 Å². The van der Waals surface area contributed by atoms with Gasteiger partial charge >= 0.3 is 5.97 Å². The first kappa shape index (κ1) is 14.4. The van der Waals surface area contributed by atoms with Crippen LogP contribution >= 0.6 is 11.6 Å². The van der Waals surface area contributed by atoms with Crippen LogP contribution < -0.4 is 0 Å². The maximum absolute atomic E-state index is 10.8. The Kier molecular flexibility index (Phi) is 5.06. The normalized spacial score (nSPS) is 10.4. The van der Waals surface area contributed by atoms with E-state index < -0.39 is 10.9 Å². The van der Waals surface area contributed by atoms with E-state index in [1.54, 1.807) is 19.2 Å². The molecule has 0 saturated heterocycles. The van der Waals surface area contributed by atoms with Crippen molar-refractivity contribution < 1.29 is 14.6 Å². The van der Waals surface area contributed by atoms with Gasteiger partial charge in [-0.05, 0) is 12.5 Å². The van der Waals surface area contributed by atoms with E-state index in [0.29, 0.717) is 23.6 Å². The number of hydrogen-bond acceptors (Lipinski definition) is 5.